The van der Waals surface area contributed by atoms with Crippen molar-refractivity contribution in [2.75, 3.05) is 0 Å². The van der Waals surface area contributed by atoms with E-state index >= 15 is 0 Å². The van der Waals surface area contributed by atoms with Crippen molar-refractivity contribution >= 4 is 5.97 Å². The minimum absolute atomic E-state index is 0.690. The van der Waals surface area contributed by atoms with Gasteiger partial charge in [-0.3, -0.25) is 0 Å². The summed E-state index contributed by atoms with van der Waals surface area (Å²) in [6, 6.07) is 0. The Kier molecular flexibility index (Phi) is 5.81. The maximum absolute atomic E-state index is 11.1. The fourth-order valence-corrected chi connectivity index (χ4v) is 2.49. The average Bonchev–Trinajstić information content (AvgIpc) is 2.23. The molecule has 1 saturated carbocycles. The highest BCUT2D eigenvalue weighted by molar-refractivity contribution is 5.74. The van der Waals surface area contributed by atoms with Crippen molar-refractivity contribution in [3.8, 4) is 0 Å². The van der Waals surface area contributed by atoms with E-state index < -0.39 is 11.5 Å². The zero-order valence-corrected chi connectivity index (χ0v) is 10.3. The number of aliphatic carboxylic acids is 1. The number of rotatable bonds is 1. The molecule has 0 spiro atoms. The Morgan fingerprint density at radius 2 is 1.12 bits per heavy atom. The fraction of sp³-hybridized carbons (Fsp3) is 0.923. The molecule has 0 aromatic rings. The molecule has 3 heteroatoms. The van der Waals surface area contributed by atoms with E-state index in [1.54, 1.807) is 0 Å². The minimum atomic E-state index is -0.954. The zero-order chi connectivity index (χ0) is 11.9. The van der Waals surface area contributed by atoms with Crippen LogP contribution in [0.1, 0.15) is 70.6 Å². The van der Waals surface area contributed by atoms with Crippen LogP contribution in [0.2, 0.25) is 0 Å². The SMILES string of the molecule is [NH3+]C1(C(=O)[O-])CCCCCCCCCCC1. The second-order valence-electron chi connectivity index (χ2n) is 5.25. The number of carbonyl (C=O) groups excluding carboxylic acids is 1. The van der Waals surface area contributed by atoms with Gasteiger partial charge in [0.1, 0.15) is 11.5 Å². The van der Waals surface area contributed by atoms with Gasteiger partial charge in [-0.05, 0) is 12.8 Å². The maximum Gasteiger partial charge on any atom is 0.135 e. The topological polar surface area (TPSA) is 67.8 Å². The molecule has 0 heterocycles. The zero-order valence-electron chi connectivity index (χ0n) is 10.3. The van der Waals surface area contributed by atoms with Crippen molar-refractivity contribution in [2.45, 2.75) is 76.2 Å². The fourth-order valence-electron chi connectivity index (χ4n) is 2.49. The molecule has 3 N–H and O–H groups in total. The van der Waals surface area contributed by atoms with Crippen molar-refractivity contribution < 1.29 is 15.6 Å². The highest BCUT2D eigenvalue weighted by Crippen LogP contribution is 2.21. The van der Waals surface area contributed by atoms with Crippen molar-refractivity contribution in [3.63, 3.8) is 0 Å². The summed E-state index contributed by atoms with van der Waals surface area (Å²) in [6.07, 6.45) is 12.1. The Balaban J connectivity index is 2.45. The largest absolute Gasteiger partial charge is 0.544 e. The molecule has 0 radical (unpaired) electrons. The molecule has 16 heavy (non-hydrogen) atoms. The predicted molar refractivity (Wildman–Crippen MR) is 61.4 cm³/mol. The first kappa shape index (κ1) is 13.5. The Labute approximate surface area is 98.4 Å². The van der Waals surface area contributed by atoms with Crippen LogP contribution in [-0.2, 0) is 4.79 Å². The molecule has 94 valence electrons. The van der Waals surface area contributed by atoms with E-state index in [0.717, 1.165) is 25.7 Å². The van der Waals surface area contributed by atoms with Gasteiger partial charge in [0.15, 0.2) is 0 Å². The van der Waals surface area contributed by atoms with Crippen molar-refractivity contribution in [3.05, 3.63) is 0 Å². The number of carboxylic acid groups (broad SMARTS) is 1. The standard InChI is InChI=1S/C13H25NO2/c14-13(12(15)16)10-8-6-4-2-1-3-5-7-9-11-13/h1-11,14H2,(H,15,16). The molecule has 0 amide bonds. The van der Waals surface area contributed by atoms with E-state index in [9.17, 15) is 9.90 Å². The number of carbonyl (C=O) groups is 1. The molecule has 0 aromatic carbocycles. The lowest BCUT2D eigenvalue weighted by Crippen LogP contribution is -2.79. The Hall–Kier alpha value is -0.570. The van der Waals surface area contributed by atoms with Crippen LogP contribution >= 0.6 is 0 Å². The molecule has 3 nitrogen and oxygen atoms in total. The van der Waals surface area contributed by atoms with Gasteiger partial charge in [-0.1, -0.05) is 44.9 Å². The summed E-state index contributed by atoms with van der Waals surface area (Å²) in [7, 11) is 0. The number of hydrogen-bond donors (Lipinski definition) is 1. The van der Waals surface area contributed by atoms with E-state index in [1.807, 2.05) is 0 Å². The lowest BCUT2D eigenvalue weighted by molar-refractivity contribution is -0.489. The second-order valence-corrected chi connectivity index (χ2v) is 5.25. The van der Waals surface area contributed by atoms with Crippen molar-refractivity contribution in [2.24, 2.45) is 0 Å². The lowest BCUT2D eigenvalue weighted by atomic mass is 9.86. The maximum atomic E-state index is 11.1. The van der Waals surface area contributed by atoms with E-state index in [0.29, 0.717) is 12.8 Å². The first-order valence-electron chi connectivity index (χ1n) is 6.72. The Morgan fingerprint density at radius 3 is 1.44 bits per heavy atom. The van der Waals surface area contributed by atoms with Gasteiger partial charge in [0.2, 0.25) is 0 Å². The second kappa shape index (κ2) is 6.89. The smallest absolute Gasteiger partial charge is 0.135 e. The molecule has 1 rings (SSSR count). The van der Waals surface area contributed by atoms with E-state index in [1.165, 1.54) is 32.1 Å². The molecule has 0 unspecified atom stereocenters. The molecule has 0 bridgehead atoms. The molecule has 1 aliphatic carbocycles. The number of carboxylic acids is 1. The van der Waals surface area contributed by atoms with Gasteiger partial charge in [-0.25, -0.2) is 0 Å². The third-order valence-electron chi connectivity index (χ3n) is 3.74. The quantitative estimate of drug-likeness (QED) is 0.726. The average molecular weight is 227 g/mol. The van der Waals surface area contributed by atoms with Gasteiger partial charge in [0.05, 0.1) is 0 Å². The van der Waals surface area contributed by atoms with Crippen LogP contribution in [0.25, 0.3) is 0 Å². The summed E-state index contributed by atoms with van der Waals surface area (Å²) in [5.74, 6) is -0.954. The van der Waals surface area contributed by atoms with Gasteiger partial charge >= 0.3 is 0 Å². The molecule has 0 aliphatic heterocycles. The van der Waals surface area contributed by atoms with Crippen molar-refractivity contribution in [1.29, 1.82) is 0 Å². The molecule has 0 saturated heterocycles. The highest BCUT2D eigenvalue weighted by Gasteiger charge is 2.29. The van der Waals surface area contributed by atoms with Crippen LogP contribution in [0.4, 0.5) is 0 Å². The van der Waals surface area contributed by atoms with Crippen LogP contribution < -0.4 is 10.8 Å². The minimum Gasteiger partial charge on any atom is -0.544 e. The van der Waals surface area contributed by atoms with Gasteiger partial charge in [-0.15, -0.1) is 0 Å². The summed E-state index contributed by atoms with van der Waals surface area (Å²) < 4.78 is 0. The molecule has 0 atom stereocenters. The number of quaternary nitrogens is 1. The van der Waals surface area contributed by atoms with E-state index in [-0.39, 0.29) is 0 Å². The molecular weight excluding hydrogens is 202 g/mol. The Morgan fingerprint density at radius 1 is 0.812 bits per heavy atom. The summed E-state index contributed by atoms with van der Waals surface area (Å²) in [5, 5.41) is 11.1. The first-order chi connectivity index (χ1) is 7.65. The monoisotopic (exact) mass is 227 g/mol. The molecule has 1 aliphatic rings. The van der Waals surface area contributed by atoms with Crippen LogP contribution in [0.5, 0.6) is 0 Å². The molecule has 1 fully saturated rings. The van der Waals surface area contributed by atoms with Gasteiger partial charge in [-0.2, -0.15) is 0 Å². The van der Waals surface area contributed by atoms with Gasteiger partial charge in [0, 0.05) is 12.8 Å². The van der Waals surface area contributed by atoms with Crippen molar-refractivity contribution in [1.82, 2.24) is 0 Å². The van der Waals surface area contributed by atoms with E-state index in [4.69, 9.17) is 0 Å². The van der Waals surface area contributed by atoms with E-state index in [2.05, 4.69) is 5.73 Å². The number of hydrogen-bond acceptors (Lipinski definition) is 2. The van der Waals surface area contributed by atoms with Crippen LogP contribution in [-0.4, -0.2) is 11.5 Å². The molecular formula is C13H25NO2. The summed E-state index contributed by atoms with van der Waals surface area (Å²) in [5.41, 5.74) is 3.07. The third kappa shape index (κ3) is 4.52. The first-order valence-corrected chi connectivity index (χ1v) is 6.72. The summed E-state index contributed by atoms with van der Waals surface area (Å²) in [6.45, 7) is 0. The van der Waals surface area contributed by atoms with Crippen LogP contribution in [0, 0.1) is 0 Å². The van der Waals surface area contributed by atoms with Gasteiger partial charge in [0.25, 0.3) is 0 Å². The summed E-state index contributed by atoms with van der Waals surface area (Å²) in [4.78, 5) is 11.1. The predicted octanol–water partition coefficient (Wildman–Crippen LogP) is 1.02. The van der Waals surface area contributed by atoms with Gasteiger partial charge < -0.3 is 15.6 Å². The third-order valence-corrected chi connectivity index (χ3v) is 3.74. The Bertz CT molecular complexity index is 204. The molecule has 0 aromatic heterocycles. The van der Waals surface area contributed by atoms with Crippen LogP contribution in [0.3, 0.4) is 0 Å². The normalized spacial score (nSPS) is 24.1. The van der Waals surface area contributed by atoms with Crippen LogP contribution in [0.15, 0.2) is 0 Å². The highest BCUT2D eigenvalue weighted by atomic mass is 16.4. The summed E-state index contributed by atoms with van der Waals surface area (Å²) >= 11 is 0. The lowest BCUT2D eigenvalue weighted by Gasteiger charge is -2.27.